The molecule has 4 N–H and O–H groups in total. The molecule has 1 fully saturated rings. The first-order valence-corrected chi connectivity index (χ1v) is 10.2. The Labute approximate surface area is 163 Å². The molecule has 1 amide bonds. The minimum atomic E-state index is -3.76. The highest BCUT2D eigenvalue weighted by atomic mass is 32.2. The third-order valence-electron chi connectivity index (χ3n) is 4.57. The summed E-state index contributed by atoms with van der Waals surface area (Å²) in [5.74, 6) is -0.394. The van der Waals surface area contributed by atoms with Crippen LogP contribution in [0, 0.1) is 0 Å². The molecule has 1 heterocycles. The highest BCUT2D eigenvalue weighted by molar-refractivity contribution is 7.89. The average molecular weight is 406 g/mol. The molecule has 0 aromatic heterocycles. The van der Waals surface area contributed by atoms with Crippen molar-refractivity contribution in [3.63, 3.8) is 0 Å². The van der Waals surface area contributed by atoms with Gasteiger partial charge >= 0.3 is 0 Å². The molecule has 2 aromatic rings. The highest BCUT2D eigenvalue weighted by Gasteiger charge is 2.48. The normalized spacial score (nSPS) is 24.8. The van der Waals surface area contributed by atoms with Crippen LogP contribution in [-0.4, -0.2) is 62.0 Å². The van der Waals surface area contributed by atoms with E-state index >= 15 is 0 Å². The van der Waals surface area contributed by atoms with Gasteiger partial charge in [0.15, 0.2) is 0 Å². The Morgan fingerprint density at radius 3 is 2.36 bits per heavy atom. The lowest BCUT2D eigenvalue weighted by Crippen LogP contribution is -2.53. The van der Waals surface area contributed by atoms with Gasteiger partial charge in [-0.2, -0.15) is 0 Å². The maximum absolute atomic E-state index is 12.3. The Kier molecular flexibility index (Phi) is 6.11. The van der Waals surface area contributed by atoms with Crippen molar-refractivity contribution in [2.45, 2.75) is 22.7 Å². The lowest BCUT2D eigenvalue weighted by atomic mass is 9.96. The monoisotopic (exact) mass is 406 g/mol. The molecule has 0 saturated carbocycles. The summed E-state index contributed by atoms with van der Waals surface area (Å²) in [7, 11) is -3.76. The van der Waals surface area contributed by atoms with Crippen molar-refractivity contribution in [2.75, 3.05) is 19.7 Å². The number of sulfonamides is 1. The minimum absolute atomic E-state index is 0.0906. The van der Waals surface area contributed by atoms with Crippen LogP contribution in [0.5, 0.6) is 0 Å². The first-order valence-electron chi connectivity index (χ1n) is 8.72. The van der Waals surface area contributed by atoms with Crippen molar-refractivity contribution in [1.82, 2.24) is 10.0 Å². The van der Waals surface area contributed by atoms with Crippen LogP contribution in [0.2, 0.25) is 0 Å². The standard InChI is InChI=1S/C19H22N2O6S/c22-17-16(11-21-28(25,26)15-9-5-2-6-10-15)27-13-19(17,24)12-20-18(23)14-7-3-1-4-8-14/h1-10,16-17,21-22,24H,11-13H2,(H,20,23)/t16-,17-,19+/m1/s1. The largest absolute Gasteiger partial charge is 0.387 e. The number of carbonyl (C=O) groups excluding carboxylic acids is 1. The summed E-state index contributed by atoms with van der Waals surface area (Å²) in [6, 6.07) is 16.3. The third kappa shape index (κ3) is 4.57. The number of rotatable bonds is 7. The van der Waals surface area contributed by atoms with Crippen LogP contribution in [0.15, 0.2) is 65.6 Å². The van der Waals surface area contributed by atoms with Gasteiger partial charge in [0.1, 0.15) is 17.8 Å². The Morgan fingerprint density at radius 2 is 1.71 bits per heavy atom. The fraction of sp³-hybridized carbons (Fsp3) is 0.316. The van der Waals surface area contributed by atoms with Gasteiger partial charge in [0.25, 0.3) is 5.91 Å². The number of benzene rings is 2. The molecule has 1 saturated heterocycles. The van der Waals surface area contributed by atoms with E-state index in [-0.39, 0.29) is 24.6 Å². The van der Waals surface area contributed by atoms with Crippen LogP contribution in [0.25, 0.3) is 0 Å². The predicted octanol–water partition coefficient (Wildman–Crippen LogP) is -0.114. The molecule has 0 radical (unpaired) electrons. The van der Waals surface area contributed by atoms with Crippen molar-refractivity contribution >= 4 is 15.9 Å². The van der Waals surface area contributed by atoms with Crippen LogP contribution in [0.4, 0.5) is 0 Å². The second-order valence-electron chi connectivity index (χ2n) is 6.61. The van der Waals surface area contributed by atoms with E-state index in [1.807, 2.05) is 0 Å². The summed E-state index contributed by atoms with van der Waals surface area (Å²) >= 11 is 0. The molecule has 1 aliphatic heterocycles. The molecule has 0 aliphatic carbocycles. The quantitative estimate of drug-likeness (QED) is 0.508. The zero-order chi connectivity index (χ0) is 20.2. The fourth-order valence-corrected chi connectivity index (χ4v) is 3.97. The lowest BCUT2D eigenvalue weighted by molar-refractivity contribution is -0.0462. The lowest BCUT2D eigenvalue weighted by Gasteiger charge is -2.26. The molecule has 0 spiro atoms. The van der Waals surface area contributed by atoms with E-state index in [4.69, 9.17) is 4.74 Å². The highest BCUT2D eigenvalue weighted by Crippen LogP contribution is 2.24. The molecule has 0 bridgehead atoms. The summed E-state index contributed by atoms with van der Waals surface area (Å²) in [4.78, 5) is 12.2. The SMILES string of the molecule is O=C(NC[C@]1(O)CO[C@H](CNS(=O)(=O)c2ccccc2)[C@H]1O)c1ccccc1. The van der Waals surface area contributed by atoms with Crippen LogP contribution in [-0.2, 0) is 14.8 Å². The Hall–Kier alpha value is -2.30. The first kappa shape index (κ1) is 20.4. The maximum atomic E-state index is 12.3. The topological polar surface area (TPSA) is 125 Å². The van der Waals surface area contributed by atoms with Gasteiger partial charge in [0.2, 0.25) is 10.0 Å². The molecule has 1 aliphatic rings. The Morgan fingerprint density at radius 1 is 1.11 bits per heavy atom. The molecular formula is C19H22N2O6S. The van der Waals surface area contributed by atoms with Gasteiger partial charge in [-0.1, -0.05) is 36.4 Å². The maximum Gasteiger partial charge on any atom is 0.251 e. The average Bonchev–Trinajstić information content (AvgIpc) is 3.00. The van der Waals surface area contributed by atoms with Crippen LogP contribution < -0.4 is 10.0 Å². The molecule has 150 valence electrons. The van der Waals surface area contributed by atoms with Crippen molar-refractivity contribution in [3.05, 3.63) is 66.2 Å². The fourth-order valence-electron chi connectivity index (χ4n) is 2.90. The predicted molar refractivity (Wildman–Crippen MR) is 101 cm³/mol. The number of aliphatic hydroxyl groups excluding tert-OH is 1. The zero-order valence-corrected chi connectivity index (χ0v) is 15.8. The number of carbonyl (C=O) groups is 1. The van der Waals surface area contributed by atoms with E-state index in [1.54, 1.807) is 48.5 Å². The van der Waals surface area contributed by atoms with E-state index in [0.29, 0.717) is 5.56 Å². The second-order valence-corrected chi connectivity index (χ2v) is 8.38. The number of aliphatic hydroxyl groups is 2. The Balaban J connectivity index is 1.56. The molecular weight excluding hydrogens is 384 g/mol. The number of hydrogen-bond donors (Lipinski definition) is 4. The van der Waals surface area contributed by atoms with Crippen molar-refractivity contribution in [2.24, 2.45) is 0 Å². The van der Waals surface area contributed by atoms with Gasteiger partial charge in [-0.3, -0.25) is 4.79 Å². The summed E-state index contributed by atoms with van der Waals surface area (Å²) in [6.45, 7) is -0.682. The van der Waals surface area contributed by atoms with Crippen molar-refractivity contribution in [3.8, 4) is 0 Å². The minimum Gasteiger partial charge on any atom is -0.387 e. The number of ether oxygens (including phenoxy) is 1. The molecule has 28 heavy (non-hydrogen) atoms. The van der Waals surface area contributed by atoms with E-state index < -0.39 is 33.7 Å². The van der Waals surface area contributed by atoms with Gasteiger partial charge in [0.05, 0.1) is 18.0 Å². The molecule has 3 rings (SSSR count). The Bertz CT molecular complexity index is 907. The summed E-state index contributed by atoms with van der Waals surface area (Å²) in [5, 5.41) is 23.6. The van der Waals surface area contributed by atoms with Gasteiger partial charge in [-0.05, 0) is 24.3 Å². The number of nitrogens with one attached hydrogen (secondary N) is 2. The summed E-state index contributed by atoms with van der Waals surface area (Å²) in [5.41, 5.74) is -1.29. The van der Waals surface area contributed by atoms with E-state index in [0.717, 1.165) is 0 Å². The summed E-state index contributed by atoms with van der Waals surface area (Å²) in [6.07, 6.45) is -2.32. The van der Waals surface area contributed by atoms with Crippen LogP contribution >= 0.6 is 0 Å². The molecule has 8 nitrogen and oxygen atoms in total. The van der Waals surface area contributed by atoms with Gasteiger partial charge in [-0.25, -0.2) is 13.1 Å². The zero-order valence-electron chi connectivity index (χ0n) is 15.0. The third-order valence-corrected chi connectivity index (χ3v) is 6.01. The molecule has 9 heteroatoms. The van der Waals surface area contributed by atoms with Gasteiger partial charge in [-0.15, -0.1) is 0 Å². The van der Waals surface area contributed by atoms with Crippen molar-refractivity contribution < 1.29 is 28.2 Å². The van der Waals surface area contributed by atoms with Gasteiger partial charge < -0.3 is 20.3 Å². The molecule has 3 atom stereocenters. The second kappa shape index (κ2) is 8.38. The van der Waals surface area contributed by atoms with E-state index in [9.17, 15) is 23.4 Å². The van der Waals surface area contributed by atoms with Crippen LogP contribution in [0.3, 0.4) is 0 Å². The number of hydrogen-bond acceptors (Lipinski definition) is 6. The van der Waals surface area contributed by atoms with E-state index in [1.165, 1.54) is 12.1 Å². The molecule has 0 unspecified atom stereocenters. The van der Waals surface area contributed by atoms with Gasteiger partial charge in [0, 0.05) is 12.1 Å². The summed E-state index contributed by atoms with van der Waals surface area (Å²) < 4.78 is 32.3. The molecule has 2 aromatic carbocycles. The van der Waals surface area contributed by atoms with Crippen LogP contribution in [0.1, 0.15) is 10.4 Å². The van der Waals surface area contributed by atoms with Crippen molar-refractivity contribution in [1.29, 1.82) is 0 Å². The smallest absolute Gasteiger partial charge is 0.251 e. The number of amides is 1. The first-order chi connectivity index (χ1) is 13.3. The van der Waals surface area contributed by atoms with E-state index in [2.05, 4.69) is 10.0 Å².